The van der Waals surface area contributed by atoms with Gasteiger partial charge in [-0.2, -0.15) is 0 Å². The second kappa shape index (κ2) is 67.9. The summed E-state index contributed by atoms with van der Waals surface area (Å²) in [5.74, 6) is 1.27. The second-order valence-electron chi connectivity index (χ2n) is 29.5. The lowest BCUT2D eigenvalue weighted by atomic mass is 9.90. The van der Waals surface area contributed by atoms with Gasteiger partial charge in [-0.3, -0.25) is 24.1 Å². The molecule has 0 N–H and O–H groups in total. The van der Waals surface area contributed by atoms with Crippen molar-refractivity contribution in [3.05, 3.63) is 0 Å². The molecule has 11 nitrogen and oxygen atoms in total. The molecule has 94 heavy (non-hydrogen) atoms. The average molecular weight is 1330 g/mol. The lowest BCUT2D eigenvalue weighted by Crippen LogP contribution is -2.48. The molecule has 1 rings (SSSR count). The molecule has 1 heterocycles. The Balaban J connectivity index is 2.79. The molecule has 0 bridgehead atoms. The Morgan fingerprint density at radius 3 is 0.798 bits per heavy atom. The van der Waals surface area contributed by atoms with E-state index in [4.69, 9.17) is 18.9 Å². The van der Waals surface area contributed by atoms with Crippen LogP contribution in [-0.2, 0) is 38.1 Å². The van der Waals surface area contributed by atoms with Crippen LogP contribution >= 0.6 is 0 Å². The molecule has 1 aliphatic rings. The molecule has 0 aliphatic carbocycles. The molecule has 5 atom stereocenters. The molecule has 556 valence electrons. The summed E-state index contributed by atoms with van der Waals surface area (Å²) in [5.41, 5.74) is 0. The maximum Gasteiger partial charge on any atom is 0.308 e. The second-order valence-corrected chi connectivity index (χ2v) is 29.5. The third-order valence-corrected chi connectivity index (χ3v) is 20.8. The molecule has 0 aromatic heterocycles. The Labute approximate surface area is 584 Å². The summed E-state index contributed by atoms with van der Waals surface area (Å²) >= 11 is 0. The zero-order valence-corrected chi connectivity index (χ0v) is 64.2. The van der Waals surface area contributed by atoms with Gasteiger partial charge in [0.15, 0.2) is 0 Å². The minimum absolute atomic E-state index is 0.0452. The molecule has 1 fully saturated rings. The van der Waals surface area contributed by atoms with Gasteiger partial charge >= 0.3 is 23.9 Å². The van der Waals surface area contributed by atoms with E-state index in [1.807, 2.05) is 0 Å². The summed E-state index contributed by atoms with van der Waals surface area (Å²) in [6.45, 7) is 30.4. The molecule has 0 aromatic rings. The highest BCUT2D eigenvalue weighted by Crippen LogP contribution is 2.27. The van der Waals surface area contributed by atoms with Crippen molar-refractivity contribution in [3.8, 4) is 0 Å². The van der Waals surface area contributed by atoms with E-state index >= 15 is 0 Å². The lowest BCUT2D eigenvalue weighted by Gasteiger charge is -2.36. The van der Waals surface area contributed by atoms with E-state index in [-0.39, 0.29) is 47.5 Å². The zero-order chi connectivity index (χ0) is 68.4. The SMILES string of the molecule is CCCCCCC(CCCC)C(=O)OCCCCCCCC(CCCCCCOC(=O)C(CCCC)CCCCCC)CCCN1CCN(CCN(CCCCCCOC(=O)C(CCCC)CCCCCC)CCCCCCOC(=O)C(CCCC)CCCCCC)CC1. The van der Waals surface area contributed by atoms with Crippen molar-refractivity contribution in [2.75, 3.05) is 85.3 Å². The van der Waals surface area contributed by atoms with Gasteiger partial charge in [-0.1, -0.05) is 293 Å². The number of piperazine rings is 1. The number of esters is 4. The first kappa shape index (κ1) is 89.8. The molecular formula is C83H161N3O8. The number of ether oxygens (including phenoxy) is 4. The smallest absolute Gasteiger partial charge is 0.308 e. The third-order valence-electron chi connectivity index (χ3n) is 20.8. The largest absolute Gasteiger partial charge is 0.465 e. The Morgan fingerprint density at radius 2 is 0.489 bits per heavy atom. The van der Waals surface area contributed by atoms with Crippen molar-refractivity contribution < 1.29 is 38.1 Å². The fourth-order valence-corrected chi connectivity index (χ4v) is 14.2. The maximum absolute atomic E-state index is 13.1. The van der Waals surface area contributed by atoms with Crippen molar-refractivity contribution in [1.29, 1.82) is 0 Å². The van der Waals surface area contributed by atoms with Crippen LogP contribution in [0.25, 0.3) is 0 Å². The van der Waals surface area contributed by atoms with E-state index in [2.05, 4.69) is 70.1 Å². The Bertz CT molecular complexity index is 1610. The number of carbonyl (C=O) groups is 4. The molecule has 0 amide bonds. The van der Waals surface area contributed by atoms with E-state index in [1.165, 1.54) is 167 Å². The van der Waals surface area contributed by atoms with Crippen molar-refractivity contribution in [2.45, 2.75) is 396 Å². The summed E-state index contributed by atoms with van der Waals surface area (Å²) in [7, 11) is 0. The van der Waals surface area contributed by atoms with Crippen LogP contribution in [0.5, 0.6) is 0 Å². The van der Waals surface area contributed by atoms with Gasteiger partial charge in [0.1, 0.15) is 0 Å². The van der Waals surface area contributed by atoms with E-state index in [0.29, 0.717) is 26.4 Å². The average Bonchev–Trinajstić information content (AvgIpc) is 2.28. The van der Waals surface area contributed by atoms with E-state index < -0.39 is 0 Å². The summed E-state index contributed by atoms with van der Waals surface area (Å²) in [6, 6.07) is 0. The van der Waals surface area contributed by atoms with Crippen molar-refractivity contribution >= 4 is 23.9 Å². The molecule has 11 heteroatoms. The topological polar surface area (TPSA) is 115 Å². The van der Waals surface area contributed by atoms with Gasteiger partial charge < -0.3 is 28.7 Å². The highest BCUT2D eigenvalue weighted by Gasteiger charge is 2.24. The summed E-state index contributed by atoms with van der Waals surface area (Å²) < 4.78 is 23.6. The molecule has 5 unspecified atom stereocenters. The van der Waals surface area contributed by atoms with Crippen LogP contribution in [0.4, 0.5) is 0 Å². The van der Waals surface area contributed by atoms with Gasteiger partial charge in [0, 0.05) is 39.3 Å². The van der Waals surface area contributed by atoms with Gasteiger partial charge in [-0.15, -0.1) is 0 Å². The highest BCUT2D eigenvalue weighted by molar-refractivity contribution is 5.73. The van der Waals surface area contributed by atoms with Gasteiger partial charge in [-0.05, 0) is 128 Å². The standard InChI is InChI=1S/C83H161N3O8/c1-9-17-25-40-58-76(54-21-13-5)80(87)91-71-46-34-29-30-38-51-75(52-39-31-35-47-72-92-81(88)77(55-22-14-6)59-41-26-18-10-2)53-50-64-85-66-69-86(70-67-85)68-65-84(62-44-32-36-48-73-93-82(89)78(56-23-15-7)60-42-27-19-11-3)63-45-33-37-49-74-94-83(90)79(57-24-16-8)61-43-28-20-12-4/h75-79H,9-74H2,1-8H3. The van der Waals surface area contributed by atoms with Crippen LogP contribution in [0.1, 0.15) is 396 Å². The first-order valence-electron chi connectivity index (χ1n) is 41.9. The molecule has 0 radical (unpaired) electrons. The number of rotatable bonds is 72. The first-order chi connectivity index (χ1) is 46.1. The Hall–Kier alpha value is -2.24. The predicted octanol–water partition coefficient (Wildman–Crippen LogP) is 23.0. The van der Waals surface area contributed by atoms with Crippen LogP contribution < -0.4 is 0 Å². The van der Waals surface area contributed by atoms with Crippen LogP contribution in [0.15, 0.2) is 0 Å². The monoisotopic (exact) mass is 1330 g/mol. The van der Waals surface area contributed by atoms with Gasteiger partial charge in [0.05, 0.1) is 50.1 Å². The maximum atomic E-state index is 13.1. The third kappa shape index (κ3) is 52.8. The fourth-order valence-electron chi connectivity index (χ4n) is 14.2. The van der Waals surface area contributed by atoms with Crippen LogP contribution in [0.2, 0.25) is 0 Å². The van der Waals surface area contributed by atoms with Crippen LogP contribution in [0, 0.1) is 29.6 Å². The Morgan fingerprint density at radius 1 is 0.255 bits per heavy atom. The number of hydrogen-bond donors (Lipinski definition) is 0. The van der Waals surface area contributed by atoms with Gasteiger partial charge in [0.25, 0.3) is 0 Å². The summed E-state index contributed by atoms with van der Waals surface area (Å²) in [5, 5.41) is 0. The van der Waals surface area contributed by atoms with Gasteiger partial charge in [-0.25, -0.2) is 0 Å². The number of unbranched alkanes of at least 4 members (excludes halogenated alkanes) is 29. The van der Waals surface area contributed by atoms with Crippen molar-refractivity contribution in [3.63, 3.8) is 0 Å². The molecular weight excluding hydrogens is 1170 g/mol. The normalized spacial score (nSPS) is 14.7. The number of carbonyl (C=O) groups excluding carboxylic acids is 4. The van der Waals surface area contributed by atoms with Crippen LogP contribution in [-0.4, -0.2) is 124 Å². The first-order valence-corrected chi connectivity index (χ1v) is 41.9. The predicted molar refractivity (Wildman–Crippen MR) is 401 cm³/mol. The zero-order valence-electron chi connectivity index (χ0n) is 64.2. The molecule has 1 aliphatic heterocycles. The summed E-state index contributed by atoms with van der Waals surface area (Å²) in [6.07, 6.45) is 60.6. The van der Waals surface area contributed by atoms with Crippen LogP contribution in [0.3, 0.4) is 0 Å². The van der Waals surface area contributed by atoms with Crippen molar-refractivity contribution in [2.24, 2.45) is 29.6 Å². The molecule has 0 aromatic carbocycles. The number of nitrogens with zero attached hydrogens (tertiary/aromatic N) is 3. The minimum atomic E-state index is 0.0452. The van der Waals surface area contributed by atoms with E-state index in [0.717, 1.165) is 238 Å². The summed E-state index contributed by atoms with van der Waals surface area (Å²) in [4.78, 5) is 60.5. The quantitative estimate of drug-likeness (QED) is 0.0329. The van der Waals surface area contributed by atoms with E-state index in [9.17, 15) is 19.2 Å². The minimum Gasteiger partial charge on any atom is -0.465 e. The fraction of sp³-hybridized carbons (Fsp3) is 0.952. The highest BCUT2D eigenvalue weighted by atomic mass is 16.5. The Kier molecular flexibility index (Phi) is 64.9. The van der Waals surface area contributed by atoms with Gasteiger partial charge in [0.2, 0.25) is 0 Å². The van der Waals surface area contributed by atoms with Crippen molar-refractivity contribution in [1.82, 2.24) is 14.7 Å². The lowest BCUT2D eigenvalue weighted by molar-refractivity contribution is -0.150. The number of hydrogen-bond acceptors (Lipinski definition) is 11. The van der Waals surface area contributed by atoms with E-state index in [1.54, 1.807) is 0 Å². The molecule has 1 saturated heterocycles. The molecule has 0 saturated carbocycles. The molecule has 0 spiro atoms.